The van der Waals surface area contributed by atoms with E-state index in [2.05, 4.69) is 50.8 Å². The minimum atomic E-state index is 1.15. The molecule has 84 valence electrons. The molecule has 0 N–H and O–H groups in total. The van der Waals surface area contributed by atoms with E-state index in [1.807, 2.05) is 0 Å². The van der Waals surface area contributed by atoms with Crippen LogP contribution in [0.4, 0.5) is 0 Å². The minimum absolute atomic E-state index is 1.15. The fourth-order valence-electron chi connectivity index (χ4n) is 1.90. The second-order valence-electron chi connectivity index (χ2n) is 4.14. The van der Waals surface area contributed by atoms with E-state index in [1.54, 1.807) is 0 Å². The molecule has 0 spiro atoms. The highest BCUT2D eigenvalue weighted by Gasteiger charge is 2.03. The Morgan fingerprint density at radius 1 is 1.07 bits per heavy atom. The summed E-state index contributed by atoms with van der Waals surface area (Å²) in [4.78, 5) is 2.47. The second-order valence-corrected chi connectivity index (χ2v) is 4.14. The van der Waals surface area contributed by atoms with Gasteiger partial charge in [0.1, 0.15) is 0 Å². The van der Waals surface area contributed by atoms with Crippen LogP contribution in [-0.4, -0.2) is 24.5 Å². The molecule has 0 unspecified atom stereocenters. The maximum atomic E-state index is 2.47. The van der Waals surface area contributed by atoms with Gasteiger partial charge in [0.05, 0.1) is 0 Å². The van der Waals surface area contributed by atoms with Gasteiger partial charge < -0.3 is 4.90 Å². The standard InChI is InChI=1S/C14H23N/c1-5-15(6-2)11-10-14-9-7-8-12(3)13(14)4/h7-9H,5-6,10-11H2,1-4H3. The van der Waals surface area contributed by atoms with Gasteiger partial charge in [-0.1, -0.05) is 32.0 Å². The van der Waals surface area contributed by atoms with Crippen molar-refractivity contribution in [1.29, 1.82) is 0 Å². The maximum Gasteiger partial charge on any atom is 0.00217 e. The molecule has 0 aliphatic rings. The summed E-state index contributed by atoms with van der Waals surface area (Å²) >= 11 is 0. The molecule has 0 radical (unpaired) electrons. The molecular formula is C14H23N. The van der Waals surface area contributed by atoms with Crippen LogP contribution < -0.4 is 0 Å². The van der Waals surface area contributed by atoms with Crippen molar-refractivity contribution in [3.63, 3.8) is 0 Å². The van der Waals surface area contributed by atoms with Gasteiger partial charge in [0.25, 0.3) is 0 Å². The van der Waals surface area contributed by atoms with Crippen LogP contribution in [0, 0.1) is 13.8 Å². The van der Waals surface area contributed by atoms with Crippen molar-refractivity contribution in [2.75, 3.05) is 19.6 Å². The fraction of sp³-hybridized carbons (Fsp3) is 0.571. The Labute approximate surface area is 94.1 Å². The van der Waals surface area contributed by atoms with Crippen LogP contribution in [0.2, 0.25) is 0 Å². The molecule has 1 rings (SSSR count). The van der Waals surface area contributed by atoms with Crippen molar-refractivity contribution >= 4 is 0 Å². The van der Waals surface area contributed by atoms with Gasteiger partial charge in [0.2, 0.25) is 0 Å². The SMILES string of the molecule is CCN(CC)CCc1cccc(C)c1C. The number of rotatable bonds is 5. The molecule has 0 aliphatic heterocycles. The summed E-state index contributed by atoms with van der Waals surface area (Å²) in [5, 5.41) is 0. The predicted octanol–water partition coefficient (Wildman–Crippen LogP) is 3.19. The molecule has 1 aromatic carbocycles. The third kappa shape index (κ3) is 3.35. The van der Waals surface area contributed by atoms with Crippen molar-refractivity contribution in [2.45, 2.75) is 34.1 Å². The summed E-state index contributed by atoms with van der Waals surface area (Å²) in [6.07, 6.45) is 1.18. The lowest BCUT2D eigenvalue weighted by molar-refractivity contribution is 0.308. The third-order valence-electron chi connectivity index (χ3n) is 3.31. The fourth-order valence-corrected chi connectivity index (χ4v) is 1.90. The number of hydrogen-bond acceptors (Lipinski definition) is 1. The molecule has 0 aromatic heterocycles. The summed E-state index contributed by atoms with van der Waals surface area (Å²) < 4.78 is 0. The van der Waals surface area contributed by atoms with Crippen LogP contribution in [-0.2, 0) is 6.42 Å². The first kappa shape index (κ1) is 12.3. The zero-order valence-electron chi connectivity index (χ0n) is 10.5. The van der Waals surface area contributed by atoms with E-state index in [9.17, 15) is 0 Å². The average Bonchev–Trinajstić information content (AvgIpc) is 2.25. The van der Waals surface area contributed by atoms with E-state index >= 15 is 0 Å². The normalized spacial score (nSPS) is 11.0. The zero-order chi connectivity index (χ0) is 11.3. The first-order valence-corrected chi connectivity index (χ1v) is 5.96. The Kier molecular flexibility index (Phi) is 4.83. The summed E-state index contributed by atoms with van der Waals surface area (Å²) in [5.74, 6) is 0. The lowest BCUT2D eigenvalue weighted by Gasteiger charge is -2.18. The van der Waals surface area contributed by atoms with Gasteiger partial charge in [-0.15, -0.1) is 0 Å². The molecule has 15 heavy (non-hydrogen) atoms. The zero-order valence-corrected chi connectivity index (χ0v) is 10.5. The second kappa shape index (κ2) is 5.92. The Balaban J connectivity index is 2.61. The van der Waals surface area contributed by atoms with Crippen LogP contribution in [0.1, 0.15) is 30.5 Å². The van der Waals surface area contributed by atoms with Gasteiger partial charge in [-0.2, -0.15) is 0 Å². The summed E-state index contributed by atoms with van der Waals surface area (Å²) in [7, 11) is 0. The average molecular weight is 205 g/mol. The number of aryl methyl sites for hydroxylation is 1. The molecule has 0 saturated heterocycles. The number of likely N-dealkylation sites (N-methyl/N-ethyl adjacent to an activating group) is 1. The number of nitrogens with zero attached hydrogens (tertiary/aromatic N) is 1. The Morgan fingerprint density at radius 2 is 1.73 bits per heavy atom. The molecule has 0 saturated carbocycles. The van der Waals surface area contributed by atoms with Gasteiger partial charge in [0.15, 0.2) is 0 Å². The topological polar surface area (TPSA) is 3.24 Å². The van der Waals surface area contributed by atoms with Crippen molar-refractivity contribution in [1.82, 2.24) is 4.90 Å². The van der Waals surface area contributed by atoms with Crippen molar-refractivity contribution in [2.24, 2.45) is 0 Å². The number of hydrogen-bond donors (Lipinski definition) is 0. The minimum Gasteiger partial charge on any atom is -0.304 e. The molecule has 1 nitrogen and oxygen atoms in total. The van der Waals surface area contributed by atoms with Crippen molar-refractivity contribution in [3.8, 4) is 0 Å². The maximum absolute atomic E-state index is 2.47. The van der Waals surface area contributed by atoms with Crippen LogP contribution in [0.3, 0.4) is 0 Å². The number of benzene rings is 1. The first-order valence-electron chi connectivity index (χ1n) is 5.96. The highest BCUT2D eigenvalue weighted by atomic mass is 15.1. The van der Waals surface area contributed by atoms with Gasteiger partial charge in [-0.25, -0.2) is 0 Å². The molecule has 0 atom stereocenters. The lowest BCUT2D eigenvalue weighted by atomic mass is 10.0. The van der Waals surface area contributed by atoms with Crippen LogP contribution in [0.25, 0.3) is 0 Å². The summed E-state index contributed by atoms with van der Waals surface area (Å²) in [6.45, 7) is 12.4. The van der Waals surface area contributed by atoms with E-state index in [0.717, 1.165) is 13.1 Å². The Bertz CT molecular complexity index is 300. The third-order valence-corrected chi connectivity index (χ3v) is 3.31. The van der Waals surface area contributed by atoms with Crippen LogP contribution in [0.15, 0.2) is 18.2 Å². The van der Waals surface area contributed by atoms with Crippen molar-refractivity contribution < 1.29 is 0 Å². The van der Waals surface area contributed by atoms with E-state index in [4.69, 9.17) is 0 Å². The summed E-state index contributed by atoms with van der Waals surface area (Å²) in [6, 6.07) is 6.61. The smallest absolute Gasteiger partial charge is 0.00217 e. The predicted molar refractivity (Wildman–Crippen MR) is 67.4 cm³/mol. The van der Waals surface area contributed by atoms with Crippen molar-refractivity contribution in [3.05, 3.63) is 34.9 Å². The Hall–Kier alpha value is -0.820. The lowest BCUT2D eigenvalue weighted by Crippen LogP contribution is -2.25. The van der Waals surface area contributed by atoms with Crippen LogP contribution in [0.5, 0.6) is 0 Å². The molecule has 0 fully saturated rings. The molecule has 0 heterocycles. The van der Waals surface area contributed by atoms with Gasteiger partial charge in [-0.3, -0.25) is 0 Å². The molecular weight excluding hydrogens is 182 g/mol. The van der Waals surface area contributed by atoms with Gasteiger partial charge in [0, 0.05) is 6.54 Å². The molecule has 0 bridgehead atoms. The van der Waals surface area contributed by atoms with Gasteiger partial charge in [-0.05, 0) is 50.0 Å². The molecule has 1 aromatic rings. The van der Waals surface area contributed by atoms with E-state index in [-0.39, 0.29) is 0 Å². The largest absolute Gasteiger partial charge is 0.304 e. The van der Waals surface area contributed by atoms with E-state index < -0.39 is 0 Å². The van der Waals surface area contributed by atoms with Gasteiger partial charge >= 0.3 is 0 Å². The molecule has 0 aliphatic carbocycles. The monoisotopic (exact) mass is 205 g/mol. The first-order chi connectivity index (χ1) is 7.19. The van der Waals surface area contributed by atoms with E-state index in [1.165, 1.54) is 29.7 Å². The highest BCUT2D eigenvalue weighted by molar-refractivity contribution is 5.33. The quantitative estimate of drug-likeness (QED) is 0.713. The Morgan fingerprint density at radius 3 is 2.33 bits per heavy atom. The molecule has 1 heteroatoms. The highest BCUT2D eigenvalue weighted by Crippen LogP contribution is 2.13. The summed E-state index contributed by atoms with van der Waals surface area (Å²) in [5.41, 5.74) is 4.37. The van der Waals surface area contributed by atoms with Crippen LogP contribution >= 0.6 is 0 Å². The van der Waals surface area contributed by atoms with E-state index in [0.29, 0.717) is 0 Å². The molecule has 0 amide bonds.